The van der Waals surface area contributed by atoms with Gasteiger partial charge in [0.25, 0.3) is 5.69 Å². The molecule has 1 aromatic carbocycles. The molecule has 0 saturated carbocycles. The van der Waals surface area contributed by atoms with Crippen LogP contribution in [0.5, 0.6) is 0 Å². The van der Waals surface area contributed by atoms with Crippen molar-refractivity contribution in [2.45, 2.75) is 25.8 Å². The number of hydrogen-bond acceptors (Lipinski definition) is 4. The van der Waals surface area contributed by atoms with Crippen LogP contribution in [0.3, 0.4) is 0 Å². The van der Waals surface area contributed by atoms with Crippen molar-refractivity contribution >= 4 is 34.0 Å². The summed E-state index contributed by atoms with van der Waals surface area (Å²) in [5.41, 5.74) is 0.670. The van der Waals surface area contributed by atoms with E-state index < -0.39 is 0 Å². The number of anilines is 1. The highest BCUT2D eigenvalue weighted by atomic mass is 127. The van der Waals surface area contributed by atoms with Crippen LogP contribution in [0.4, 0.5) is 11.4 Å². The molecule has 1 N–H and O–H groups in total. The van der Waals surface area contributed by atoms with E-state index in [1.54, 1.807) is 18.4 Å². The highest BCUT2D eigenvalue weighted by molar-refractivity contribution is 14.1. The van der Waals surface area contributed by atoms with E-state index in [2.05, 4.69) is 27.9 Å². The lowest BCUT2D eigenvalue weighted by Crippen LogP contribution is -2.16. The van der Waals surface area contributed by atoms with E-state index in [1.807, 2.05) is 25.1 Å². The van der Waals surface area contributed by atoms with Crippen molar-refractivity contribution < 1.29 is 9.34 Å². The number of halogens is 1. The van der Waals surface area contributed by atoms with Gasteiger partial charge in [-0.3, -0.25) is 10.1 Å². The Hall–Kier alpha value is -1.57. The molecule has 1 heterocycles. The third-order valence-corrected chi connectivity index (χ3v) is 3.63. The molecule has 2 aromatic rings. The maximum absolute atomic E-state index is 11.0. The fourth-order valence-corrected chi connectivity index (χ4v) is 2.40. The molecular weight excluding hydrogens is 371 g/mol. The van der Waals surface area contributed by atoms with E-state index in [0.29, 0.717) is 5.69 Å². The molecule has 0 saturated heterocycles. The van der Waals surface area contributed by atoms with Crippen molar-refractivity contribution in [3.8, 4) is 0 Å². The average molecular weight is 386 g/mol. The van der Waals surface area contributed by atoms with Crippen LogP contribution in [0.15, 0.2) is 41.0 Å². The zero-order valence-corrected chi connectivity index (χ0v) is 13.2. The first kappa shape index (κ1) is 14.8. The second-order valence-electron chi connectivity index (χ2n) is 4.58. The van der Waals surface area contributed by atoms with E-state index >= 15 is 0 Å². The van der Waals surface area contributed by atoms with E-state index in [9.17, 15) is 10.1 Å². The molecule has 5 nitrogen and oxygen atoms in total. The predicted octanol–water partition coefficient (Wildman–Crippen LogP) is 4.23. The molecule has 2 rings (SSSR count). The fourth-order valence-electron chi connectivity index (χ4n) is 1.93. The molecule has 0 amide bonds. The zero-order valence-electron chi connectivity index (χ0n) is 11.0. The van der Waals surface area contributed by atoms with Crippen molar-refractivity contribution in [1.29, 1.82) is 0 Å². The van der Waals surface area contributed by atoms with Crippen molar-refractivity contribution in [1.82, 2.24) is 0 Å². The molecule has 0 aliphatic heterocycles. The molecule has 20 heavy (non-hydrogen) atoms. The summed E-state index contributed by atoms with van der Waals surface area (Å²) in [4.78, 5) is 10.7. The van der Waals surface area contributed by atoms with Crippen molar-refractivity contribution in [3.63, 3.8) is 0 Å². The van der Waals surface area contributed by atoms with Gasteiger partial charge in [0.05, 0.1) is 11.2 Å². The Kier molecular flexibility index (Phi) is 4.99. The normalized spacial score (nSPS) is 12.1. The average Bonchev–Trinajstić information content (AvgIpc) is 2.91. The third kappa shape index (κ3) is 3.96. The van der Waals surface area contributed by atoms with Crippen LogP contribution in [0.1, 0.15) is 19.1 Å². The SMILES string of the molecule is CC(CCc1ccco1)Nc1ccc(I)cc1[N+](=O)[O-]. The fraction of sp³-hybridized carbons (Fsp3) is 0.286. The predicted molar refractivity (Wildman–Crippen MR) is 85.9 cm³/mol. The molecule has 1 unspecified atom stereocenters. The molecule has 0 aliphatic rings. The number of rotatable bonds is 6. The van der Waals surface area contributed by atoms with E-state index in [0.717, 1.165) is 22.2 Å². The van der Waals surface area contributed by atoms with Gasteiger partial charge in [0, 0.05) is 22.1 Å². The summed E-state index contributed by atoms with van der Waals surface area (Å²) in [6.45, 7) is 2.00. The summed E-state index contributed by atoms with van der Waals surface area (Å²) >= 11 is 2.07. The Morgan fingerprint density at radius 3 is 2.90 bits per heavy atom. The van der Waals surface area contributed by atoms with Gasteiger partial charge >= 0.3 is 0 Å². The van der Waals surface area contributed by atoms with Gasteiger partial charge in [0.15, 0.2) is 0 Å². The van der Waals surface area contributed by atoms with Gasteiger partial charge in [-0.1, -0.05) is 0 Å². The maximum Gasteiger partial charge on any atom is 0.293 e. The number of nitrogens with zero attached hydrogens (tertiary/aromatic N) is 1. The molecular formula is C14H15IN2O3. The van der Waals surface area contributed by atoms with Crippen LogP contribution < -0.4 is 5.32 Å². The number of nitrogens with one attached hydrogen (secondary N) is 1. The lowest BCUT2D eigenvalue weighted by Gasteiger charge is -2.14. The topological polar surface area (TPSA) is 68.3 Å². The zero-order chi connectivity index (χ0) is 14.5. The summed E-state index contributed by atoms with van der Waals surface area (Å²) in [5, 5.41) is 14.2. The minimum absolute atomic E-state index is 0.113. The number of benzene rings is 1. The Bertz CT molecular complexity index is 584. The van der Waals surface area contributed by atoms with Crippen molar-refractivity contribution in [3.05, 3.63) is 56.0 Å². The monoisotopic (exact) mass is 386 g/mol. The molecule has 1 atom stereocenters. The Balaban J connectivity index is 2.00. The third-order valence-electron chi connectivity index (χ3n) is 2.96. The Morgan fingerprint density at radius 2 is 2.25 bits per heavy atom. The van der Waals surface area contributed by atoms with Crippen LogP contribution in [0.2, 0.25) is 0 Å². The number of nitro benzene ring substituents is 1. The van der Waals surface area contributed by atoms with E-state index in [-0.39, 0.29) is 16.7 Å². The van der Waals surface area contributed by atoms with Gasteiger partial charge in [-0.25, -0.2) is 0 Å². The minimum Gasteiger partial charge on any atom is -0.469 e. The lowest BCUT2D eigenvalue weighted by atomic mass is 10.1. The highest BCUT2D eigenvalue weighted by Crippen LogP contribution is 2.27. The summed E-state index contributed by atoms with van der Waals surface area (Å²) in [5.74, 6) is 0.927. The van der Waals surface area contributed by atoms with Crippen LogP contribution in [-0.2, 0) is 6.42 Å². The number of hydrogen-bond donors (Lipinski definition) is 1. The number of aryl methyl sites for hydroxylation is 1. The minimum atomic E-state index is -0.357. The van der Waals surface area contributed by atoms with Crippen LogP contribution in [0, 0.1) is 13.7 Å². The van der Waals surface area contributed by atoms with Gasteiger partial charge < -0.3 is 9.73 Å². The maximum atomic E-state index is 11.0. The van der Waals surface area contributed by atoms with Crippen LogP contribution >= 0.6 is 22.6 Å². The molecule has 106 valence electrons. The molecule has 6 heteroatoms. The Labute approximate surface area is 130 Å². The van der Waals surface area contributed by atoms with Crippen LogP contribution in [0.25, 0.3) is 0 Å². The Morgan fingerprint density at radius 1 is 1.45 bits per heavy atom. The van der Waals surface area contributed by atoms with Gasteiger partial charge in [-0.15, -0.1) is 0 Å². The second kappa shape index (κ2) is 6.74. The first-order valence-electron chi connectivity index (χ1n) is 6.29. The second-order valence-corrected chi connectivity index (χ2v) is 5.83. The summed E-state index contributed by atoms with van der Waals surface area (Å²) in [6.07, 6.45) is 3.30. The number of furan rings is 1. The highest BCUT2D eigenvalue weighted by Gasteiger charge is 2.15. The van der Waals surface area contributed by atoms with E-state index in [1.165, 1.54) is 0 Å². The standard InChI is InChI=1S/C14H15IN2O3/c1-10(4-6-12-3-2-8-20-12)16-13-7-5-11(15)9-14(13)17(18)19/h2-3,5,7-10,16H,4,6H2,1H3. The first-order valence-corrected chi connectivity index (χ1v) is 7.37. The van der Waals surface area contributed by atoms with Gasteiger partial charge in [-0.2, -0.15) is 0 Å². The van der Waals surface area contributed by atoms with E-state index in [4.69, 9.17) is 4.42 Å². The van der Waals surface area contributed by atoms with Crippen molar-refractivity contribution in [2.24, 2.45) is 0 Å². The van der Waals surface area contributed by atoms with Gasteiger partial charge in [0.1, 0.15) is 11.4 Å². The molecule has 0 spiro atoms. The summed E-state index contributed by atoms with van der Waals surface area (Å²) < 4.78 is 6.12. The summed E-state index contributed by atoms with van der Waals surface area (Å²) in [6, 6.07) is 9.09. The smallest absolute Gasteiger partial charge is 0.293 e. The molecule has 0 aliphatic carbocycles. The molecule has 0 fully saturated rings. The largest absolute Gasteiger partial charge is 0.469 e. The molecule has 0 bridgehead atoms. The lowest BCUT2D eigenvalue weighted by molar-refractivity contribution is -0.384. The summed E-state index contributed by atoms with van der Waals surface area (Å²) in [7, 11) is 0. The molecule has 1 aromatic heterocycles. The first-order chi connectivity index (χ1) is 9.56. The quantitative estimate of drug-likeness (QED) is 0.459. The number of nitro groups is 1. The molecule has 0 radical (unpaired) electrons. The van der Waals surface area contributed by atoms with Crippen LogP contribution in [-0.4, -0.2) is 11.0 Å². The van der Waals surface area contributed by atoms with Gasteiger partial charge in [-0.05, 0) is 60.2 Å². The van der Waals surface area contributed by atoms with Gasteiger partial charge in [0.2, 0.25) is 0 Å². The van der Waals surface area contributed by atoms with Crippen molar-refractivity contribution in [2.75, 3.05) is 5.32 Å².